The summed E-state index contributed by atoms with van der Waals surface area (Å²) in [6.45, 7) is 9.62. The van der Waals surface area contributed by atoms with Gasteiger partial charge in [0.15, 0.2) is 0 Å². The fourth-order valence-corrected chi connectivity index (χ4v) is 10.3. The maximum atomic E-state index is 2.46. The Kier molecular flexibility index (Phi) is 8.11. The van der Waals surface area contributed by atoms with Crippen LogP contribution in [0.2, 0.25) is 0 Å². The minimum atomic E-state index is -1.69. The number of hydrogen-bond acceptors (Lipinski definition) is 0. The van der Waals surface area contributed by atoms with E-state index in [0.717, 1.165) is 12.8 Å². The molecule has 3 heteroatoms. The molecule has 0 saturated carbocycles. The molecule has 28 heavy (non-hydrogen) atoms. The molecule has 0 atom stereocenters. The molecule has 0 heterocycles. The summed E-state index contributed by atoms with van der Waals surface area (Å²) < 4.78 is 5.27. The predicted octanol–water partition coefficient (Wildman–Crippen LogP) is -0.162. The molecule has 2 aliphatic rings. The monoisotopic (exact) mass is 446 g/mol. The van der Waals surface area contributed by atoms with E-state index in [1.807, 2.05) is 3.81 Å². The van der Waals surface area contributed by atoms with Crippen molar-refractivity contribution >= 4 is 7.68 Å². The van der Waals surface area contributed by atoms with Crippen molar-refractivity contribution in [2.45, 2.75) is 40.5 Å². The van der Waals surface area contributed by atoms with Gasteiger partial charge in [-0.2, -0.15) is 0 Å². The van der Waals surface area contributed by atoms with Crippen LogP contribution in [0.3, 0.4) is 0 Å². The summed E-state index contributed by atoms with van der Waals surface area (Å²) in [4.78, 5) is 0. The van der Waals surface area contributed by atoms with Gasteiger partial charge in [0.05, 0.1) is 0 Å². The number of rotatable bonds is 4. The van der Waals surface area contributed by atoms with Crippen molar-refractivity contribution in [3.63, 3.8) is 0 Å². The Morgan fingerprint density at radius 3 is 2.18 bits per heavy atom. The molecule has 0 fully saturated rings. The predicted molar refractivity (Wildman–Crippen MR) is 111 cm³/mol. The van der Waals surface area contributed by atoms with E-state index in [4.69, 9.17) is 0 Å². The molecule has 0 aromatic heterocycles. The Hall–Kier alpha value is -0.916. The topological polar surface area (TPSA) is 0 Å². The summed E-state index contributed by atoms with van der Waals surface area (Å²) >= 11 is -1.69. The van der Waals surface area contributed by atoms with Gasteiger partial charge in [-0.15, -0.1) is 0 Å². The fourth-order valence-electron chi connectivity index (χ4n) is 4.78. The van der Waals surface area contributed by atoms with Crippen LogP contribution in [0.1, 0.15) is 45.2 Å². The molecule has 0 nitrogen and oxygen atoms in total. The minimum absolute atomic E-state index is 0. The molecule has 0 saturated heterocycles. The van der Waals surface area contributed by atoms with Crippen LogP contribution >= 0.6 is 0 Å². The van der Waals surface area contributed by atoms with E-state index in [0.29, 0.717) is 11.8 Å². The van der Waals surface area contributed by atoms with Gasteiger partial charge < -0.3 is 24.8 Å². The molecule has 2 aromatic carbocycles. The van der Waals surface area contributed by atoms with Gasteiger partial charge in [-0.1, -0.05) is 0 Å². The van der Waals surface area contributed by atoms with E-state index >= 15 is 0 Å². The number of fused-ring (bicyclic) bond motifs is 3. The molecule has 2 aromatic rings. The maximum absolute atomic E-state index is 2.46. The van der Waals surface area contributed by atoms with Gasteiger partial charge in [-0.3, -0.25) is 0 Å². The number of hydrogen-bond donors (Lipinski definition) is 0. The zero-order valence-electron chi connectivity index (χ0n) is 17.1. The first-order valence-electron chi connectivity index (χ1n) is 9.88. The quantitative estimate of drug-likeness (QED) is 0.488. The Balaban J connectivity index is 0.00000140. The van der Waals surface area contributed by atoms with Gasteiger partial charge in [0.1, 0.15) is 0 Å². The van der Waals surface area contributed by atoms with Crippen molar-refractivity contribution in [2.24, 2.45) is 11.8 Å². The van der Waals surface area contributed by atoms with Crippen LogP contribution in [0, 0.1) is 11.8 Å². The largest absolute Gasteiger partial charge is 1.00 e. The molecule has 0 radical (unpaired) electrons. The molecule has 0 aliphatic heterocycles. The summed E-state index contributed by atoms with van der Waals surface area (Å²) in [6.07, 6.45) is 9.33. The van der Waals surface area contributed by atoms with Gasteiger partial charge in [0.2, 0.25) is 0 Å². The molecular weight excluding hydrogens is 419 g/mol. The molecule has 0 N–H and O–H groups in total. The number of allylic oxidation sites excluding steroid dienone is 4. The van der Waals surface area contributed by atoms with Crippen LogP contribution in [0.15, 0.2) is 64.6 Å². The first-order chi connectivity index (χ1) is 12.6. The zero-order chi connectivity index (χ0) is 18.3. The van der Waals surface area contributed by atoms with E-state index in [1.54, 1.807) is 13.3 Å². The van der Waals surface area contributed by atoms with Crippen molar-refractivity contribution in [3.8, 4) is 11.1 Å². The summed E-state index contributed by atoms with van der Waals surface area (Å²) in [5.74, 6) is 1.32. The third-order valence-corrected chi connectivity index (χ3v) is 11.6. The molecule has 4 rings (SSSR count). The Morgan fingerprint density at radius 1 is 0.857 bits per heavy atom. The van der Waals surface area contributed by atoms with Crippen molar-refractivity contribution in [1.82, 2.24) is 0 Å². The molecular formula is C25H28Cl2Ti. The van der Waals surface area contributed by atoms with E-state index in [9.17, 15) is 0 Å². The van der Waals surface area contributed by atoms with Crippen LogP contribution in [-0.2, 0) is 23.8 Å². The van der Waals surface area contributed by atoms with Crippen LogP contribution in [0.4, 0.5) is 0 Å². The fraction of sp³-hybridized carbons (Fsp3) is 0.320. The average Bonchev–Trinajstić information content (AvgIpc) is 3.26. The molecule has 2 aliphatic carbocycles. The van der Waals surface area contributed by atoms with E-state index < -0.39 is 17.4 Å². The number of halogens is 2. The smallest absolute Gasteiger partial charge is 1.00 e. The zero-order valence-corrected chi connectivity index (χ0v) is 20.2. The summed E-state index contributed by atoms with van der Waals surface area (Å²) in [6, 6.07) is 16.1. The van der Waals surface area contributed by atoms with Crippen molar-refractivity contribution < 1.29 is 42.2 Å². The minimum Gasteiger partial charge on any atom is -1.00 e. The van der Waals surface area contributed by atoms with E-state index in [1.165, 1.54) is 16.7 Å². The van der Waals surface area contributed by atoms with Crippen LogP contribution in [0.5, 0.6) is 0 Å². The normalized spacial score (nSPS) is 13.2. The van der Waals surface area contributed by atoms with Gasteiger partial charge in [-0.25, -0.2) is 0 Å². The second kappa shape index (κ2) is 9.72. The maximum Gasteiger partial charge on any atom is -1.00 e. The molecule has 0 bridgehead atoms. The summed E-state index contributed by atoms with van der Waals surface area (Å²) in [5, 5.41) is 0. The van der Waals surface area contributed by atoms with Crippen LogP contribution in [-0.4, -0.2) is 3.81 Å². The Labute approximate surface area is 188 Å². The SMILES string of the molecule is CC(C)[C](C(C)C)=[Ti+2]([C]1=CC=CC1)[c]1cccc2c1Cc1ccccc1-2.[Cl-].[Cl-]. The summed E-state index contributed by atoms with van der Waals surface area (Å²) in [7, 11) is 0. The number of benzene rings is 2. The summed E-state index contributed by atoms with van der Waals surface area (Å²) in [5.41, 5.74) is 6.06. The molecule has 0 spiro atoms. The van der Waals surface area contributed by atoms with Crippen molar-refractivity contribution in [1.29, 1.82) is 0 Å². The van der Waals surface area contributed by atoms with Gasteiger partial charge in [-0.05, 0) is 0 Å². The first-order valence-corrected chi connectivity index (χ1v) is 12.2. The Bertz CT molecular complexity index is 939. The van der Waals surface area contributed by atoms with Gasteiger partial charge in [0.25, 0.3) is 0 Å². The van der Waals surface area contributed by atoms with Gasteiger partial charge in [0, 0.05) is 0 Å². The second-order valence-corrected chi connectivity index (χ2v) is 12.0. The Morgan fingerprint density at radius 2 is 1.54 bits per heavy atom. The standard InChI is InChI=1S/C13H9.C7H14.C5H5.2ClH.Ti/c1-3-7-12-10(5-1)9-11-6-2-4-8-13(11)12;1-6(2)5-7(3)4;1-2-4-5-3-1;;;/h1-5,7-8H,9H2;6-7H,1-4H3;1-3H,4H2;2*1H;/q;;;;;+2/p-2. The first kappa shape index (κ1) is 23.4. The van der Waals surface area contributed by atoms with Gasteiger partial charge >= 0.3 is 164 Å². The van der Waals surface area contributed by atoms with Crippen molar-refractivity contribution in [3.05, 3.63) is 75.7 Å². The third kappa shape index (κ3) is 4.17. The third-order valence-electron chi connectivity index (χ3n) is 5.75. The average molecular weight is 447 g/mol. The van der Waals surface area contributed by atoms with E-state index in [2.05, 4.69) is 88.4 Å². The molecule has 0 amide bonds. The molecule has 0 unspecified atom stereocenters. The molecule has 146 valence electrons. The van der Waals surface area contributed by atoms with Crippen LogP contribution in [0.25, 0.3) is 11.1 Å². The van der Waals surface area contributed by atoms with Crippen molar-refractivity contribution in [2.75, 3.05) is 0 Å². The van der Waals surface area contributed by atoms with E-state index in [-0.39, 0.29) is 24.8 Å². The second-order valence-electron chi connectivity index (χ2n) is 8.13. The van der Waals surface area contributed by atoms with Crippen LogP contribution < -0.4 is 28.7 Å².